The van der Waals surface area contributed by atoms with Gasteiger partial charge >= 0.3 is 0 Å². The fourth-order valence-electron chi connectivity index (χ4n) is 1.33. The van der Waals surface area contributed by atoms with Crippen LogP contribution in [0.25, 0.3) is 0 Å². The van der Waals surface area contributed by atoms with Gasteiger partial charge in [0, 0.05) is 12.6 Å². The molecule has 1 rings (SSSR count). The van der Waals surface area contributed by atoms with Crippen LogP contribution in [0, 0.1) is 0 Å². The zero-order chi connectivity index (χ0) is 9.19. The van der Waals surface area contributed by atoms with E-state index in [1.807, 2.05) is 6.92 Å². The minimum absolute atomic E-state index is 0.336. The molecule has 0 amide bonds. The number of rotatable bonds is 4. The third-order valence-corrected chi connectivity index (χ3v) is 2.36. The fraction of sp³-hybridized carbons (Fsp3) is 0.800. The Labute approximate surface area is 74.7 Å². The molecule has 1 fully saturated rings. The van der Waals surface area contributed by atoms with Gasteiger partial charge in [-0.15, -0.1) is 0 Å². The van der Waals surface area contributed by atoms with E-state index < -0.39 is 5.60 Å². The molecule has 0 saturated carbocycles. The summed E-state index contributed by atoms with van der Waals surface area (Å²) in [5.74, 6) is 0. The second kappa shape index (κ2) is 3.58. The molecule has 0 aromatic carbocycles. The van der Waals surface area contributed by atoms with Gasteiger partial charge in [0.2, 0.25) is 0 Å². The molecule has 2 atom stereocenters. The van der Waals surface area contributed by atoms with Gasteiger partial charge in [0.1, 0.15) is 0 Å². The lowest BCUT2D eigenvalue weighted by atomic mass is 9.96. The molecule has 0 aromatic heterocycles. The lowest BCUT2D eigenvalue weighted by molar-refractivity contribution is 0.0506. The second-order valence-corrected chi connectivity index (χ2v) is 4.14. The number of hydrogen-bond acceptors (Lipinski definition) is 2. The van der Waals surface area contributed by atoms with Crippen molar-refractivity contribution in [1.82, 2.24) is 5.32 Å². The Morgan fingerprint density at radius 3 is 2.67 bits per heavy atom. The predicted molar refractivity (Wildman–Crippen MR) is 51.1 cm³/mol. The van der Waals surface area contributed by atoms with Crippen molar-refractivity contribution in [2.75, 3.05) is 6.54 Å². The predicted octanol–water partition coefficient (Wildman–Crippen LogP) is 1.46. The Morgan fingerprint density at radius 1 is 1.67 bits per heavy atom. The summed E-state index contributed by atoms with van der Waals surface area (Å²) >= 11 is 0. The van der Waals surface area contributed by atoms with Gasteiger partial charge in [-0.25, -0.2) is 0 Å². The third-order valence-electron chi connectivity index (χ3n) is 2.36. The van der Waals surface area contributed by atoms with Gasteiger partial charge in [-0.1, -0.05) is 11.6 Å². The summed E-state index contributed by atoms with van der Waals surface area (Å²) in [5, 5.41) is 13.0. The highest BCUT2D eigenvalue weighted by atomic mass is 16.3. The molecule has 1 aliphatic rings. The summed E-state index contributed by atoms with van der Waals surface area (Å²) in [7, 11) is 0. The number of allylic oxidation sites excluding steroid dienone is 2. The fourth-order valence-corrected chi connectivity index (χ4v) is 1.33. The van der Waals surface area contributed by atoms with E-state index in [4.69, 9.17) is 0 Å². The van der Waals surface area contributed by atoms with Crippen molar-refractivity contribution in [1.29, 1.82) is 0 Å². The highest BCUT2D eigenvalue weighted by molar-refractivity contribution is 5.01. The molecule has 0 spiro atoms. The summed E-state index contributed by atoms with van der Waals surface area (Å²) in [6, 6.07) is 0.336. The summed E-state index contributed by atoms with van der Waals surface area (Å²) in [6.07, 6.45) is 4.01. The molecule has 1 saturated heterocycles. The van der Waals surface area contributed by atoms with Gasteiger partial charge in [0.15, 0.2) is 0 Å². The van der Waals surface area contributed by atoms with Gasteiger partial charge in [-0.3, -0.25) is 0 Å². The van der Waals surface area contributed by atoms with Crippen molar-refractivity contribution >= 4 is 0 Å². The standard InChI is InChI=1S/C10H19NO/c1-8(2)5-4-6-10(3,12)9-7-11-9/h5,9,11-12H,4,6-7H2,1-3H3/t9-,10+/m1/s1. The minimum atomic E-state index is -0.508. The lowest BCUT2D eigenvalue weighted by Crippen LogP contribution is -2.32. The first kappa shape index (κ1) is 9.75. The average molecular weight is 169 g/mol. The summed E-state index contributed by atoms with van der Waals surface area (Å²) in [6.45, 7) is 7.06. The molecule has 70 valence electrons. The highest BCUT2D eigenvalue weighted by Gasteiger charge is 2.38. The molecular weight excluding hydrogens is 150 g/mol. The molecule has 2 N–H and O–H groups in total. The minimum Gasteiger partial charge on any atom is -0.388 e. The van der Waals surface area contributed by atoms with E-state index in [2.05, 4.69) is 25.2 Å². The maximum absolute atomic E-state index is 9.88. The Bertz CT molecular complexity index is 176. The van der Waals surface area contributed by atoms with Crippen LogP contribution in [0.1, 0.15) is 33.6 Å². The Hall–Kier alpha value is -0.340. The molecule has 0 bridgehead atoms. The van der Waals surface area contributed by atoms with E-state index >= 15 is 0 Å². The molecule has 1 aliphatic heterocycles. The van der Waals surface area contributed by atoms with Crippen LogP contribution in [0.5, 0.6) is 0 Å². The zero-order valence-electron chi connectivity index (χ0n) is 8.22. The zero-order valence-corrected chi connectivity index (χ0v) is 8.22. The highest BCUT2D eigenvalue weighted by Crippen LogP contribution is 2.22. The van der Waals surface area contributed by atoms with Crippen molar-refractivity contribution in [3.63, 3.8) is 0 Å². The maximum atomic E-state index is 9.88. The average Bonchev–Trinajstić information content (AvgIpc) is 2.65. The second-order valence-electron chi connectivity index (χ2n) is 4.14. The van der Waals surface area contributed by atoms with Crippen LogP contribution in [-0.4, -0.2) is 23.3 Å². The Balaban J connectivity index is 2.25. The summed E-state index contributed by atoms with van der Waals surface area (Å²) < 4.78 is 0. The number of aliphatic hydroxyl groups is 1. The maximum Gasteiger partial charge on any atom is 0.0787 e. The molecule has 12 heavy (non-hydrogen) atoms. The smallest absolute Gasteiger partial charge is 0.0787 e. The molecule has 0 aromatic rings. The monoisotopic (exact) mass is 169 g/mol. The van der Waals surface area contributed by atoms with Crippen LogP contribution in [0.3, 0.4) is 0 Å². The summed E-state index contributed by atoms with van der Waals surface area (Å²) in [5.41, 5.74) is 0.820. The quantitative estimate of drug-likeness (QED) is 0.494. The van der Waals surface area contributed by atoms with Crippen LogP contribution in [0.2, 0.25) is 0 Å². The molecule has 2 heteroatoms. The number of hydrogen-bond donors (Lipinski definition) is 2. The SMILES string of the molecule is CC(C)=CCC[C@](C)(O)[C@H]1CN1. The molecule has 0 radical (unpaired) electrons. The topological polar surface area (TPSA) is 42.2 Å². The number of nitrogens with one attached hydrogen (secondary N) is 1. The van der Waals surface area contributed by atoms with Crippen LogP contribution in [-0.2, 0) is 0 Å². The van der Waals surface area contributed by atoms with Crippen molar-refractivity contribution in [3.8, 4) is 0 Å². The van der Waals surface area contributed by atoms with E-state index in [1.165, 1.54) is 5.57 Å². The third kappa shape index (κ3) is 2.95. The van der Waals surface area contributed by atoms with Gasteiger partial charge in [-0.05, 0) is 33.6 Å². The van der Waals surface area contributed by atoms with E-state index in [0.29, 0.717) is 6.04 Å². The van der Waals surface area contributed by atoms with Gasteiger partial charge in [0.05, 0.1) is 5.60 Å². The van der Waals surface area contributed by atoms with Crippen molar-refractivity contribution in [2.45, 2.75) is 45.3 Å². The summed E-state index contributed by atoms with van der Waals surface area (Å²) in [4.78, 5) is 0. The first-order chi connectivity index (χ1) is 5.52. The van der Waals surface area contributed by atoms with E-state index in [-0.39, 0.29) is 0 Å². The normalized spacial score (nSPS) is 26.2. The molecule has 1 heterocycles. The Morgan fingerprint density at radius 2 is 2.25 bits per heavy atom. The van der Waals surface area contributed by atoms with Crippen LogP contribution < -0.4 is 5.32 Å². The van der Waals surface area contributed by atoms with E-state index in [0.717, 1.165) is 19.4 Å². The van der Waals surface area contributed by atoms with Crippen LogP contribution >= 0.6 is 0 Å². The van der Waals surface area contributed by atoms with Crippen molar-refractivity contribution in [2.24, 2.45) is 0 Å². The first-order valence-corrected chi connectivity index (χ1v) is 4.61. The molecule has 0 aliphatic carbocycles. The lowest BCUT2D eigenvalue weighted by Gasteiger charge is -2.20. The van der Waals surface area contributed by atoms with Crippen LogP contribution in [0.15, 0.2) is 11.6 Å². The van der Waals surface area contributed by atoms with Crippen molar-refractivity contribution < 1.29 is 5.11 Å². The van der Waals surface area contributed by atoms with E-state index in [9.17, 15) is 5.11 Å². The Kier molecular flexibility index (Phi) is 2.91. The molecular formula is C10H19NO. The molecule has 2 nitrogen and oxygen atoms in total. The van der Waals surface area contributed by atoms with Gasteiger partial charge in [-0.2, -0.15) is 0 Å². The van der Waals surface area contributed by atoms with Gasteiger partial charge in [0.25, 0.3) is 0 Å². The molecule has 0 unspecified atom stereocenters. The largest absolute Gasteiger partial charge is 0.388 e. The van der Waals surface area contributed by atoms with E-state index in [1.54, 1.807) is 0 Å². The van der Waals surface area contributed by atoms with Crippen molar-refractivity contribution in [3.05, 3.63) is 11.6 Å². The van der Waals surface area contributed by atoms with Gasteiger partial charge < -0.3 is 10.4 Å². The first-order valence-electron chi connectivity index (χ1n) is 4.61. The van der Waals surface area contributed by atoms with Crippen LogP contribution in [0.4, 0.5) is 0 Å².